The molecule has 0 fully saturated rings. The monoisotopic (exact) mass is 632 g/mol. The predicted octanol–water partition coefficient (Wildman–Crippen LogP) is 12.7. The van der Waals surface area contributed by atoms with E-state index in [1.54, 1.807) is 0 Å². The second-order valence-electron chi connectivity index (χ2n) is 12.0. The van der Waals surface area contributed by atoms with Crippen LogP contribution in [0.5, 0.6) is 0 Å². The van der Waals surface area contributed by atoms with Gasteiger partial charge in [0.25, 0.3) is 0 Å². The summed E-state index contributed by atoms with van der Waals surface area (Å²) in [6, 6.07) is 54.6. The fourth-order valence-electron chi connectivity index (χ4n) is 7.29. The lowest BCUT2D eigenvalue weighted by atomic mass is 9.98. The zero-order valence-corrected chi connectivity index (χ0v) is 26.7. The van der Waals surface area contributed by atoms with Crippen LogP contribution in [-0.2, 0) is 0 Å². The van der Waals surface area contributed by atoms with E-state index in [1.807, 2.05) is 34.8 Å². The van der Waals surface area contributed by atoms with Gasteiger partial charge in [0.05, 0.1) is 28.4 Å². The van der Waals surface area contributed by atoms with Gasteiger partial charge in [0, 0.05) is 56.7 Å². The molecule has 4 heteroatoms. The highest BCUT2D eigenvalue weighted by Crippen LogP contribution is 2.46. The summed E-state index contributed by atoms with van der Waals surface area (Å²) in [7, 11) is 0. The molecule has 0 N–H and O–H groups in total. The lowest BCUT2D eigenvalue weighted by Crippen LogP contribution is -1.98. The van der Waals surface area contributed by atoms with E-state index in [-0.39, 0.29) is 0 Å². The summed E-state index contributed by atoms with van der Waals surface area (Å²) in [6.07, 6.45) is 0. The van der Waals surface area contributed by atoms with Gasteiger partial charge in [0.1, 0.15) is 0 Å². The topological polar surface area (TPSA) is 28.7 Å². The van der Waals surface area contributed by atoms with Crippen molar-refractivity contribution >= 4 is 84.8 Å². The van der Waals surface area contributed by atoms with E-state index in [1.165, 1.54) is 62.2 Å². The van der Waals surface area contributed by atoms with Crippen LogP contribution < -0.4 is 0 Å². The fraction of sp³-hybridized carbons (Fsp3) is 0. The zero-order chi connectivity index (χ0) is 31.1. The molecule has 0 bridgehead atoms. The fourth-order valence-corrected chi connectivity index (χ4v) is 9.69. The Balaban J connectivity index is 1.23. The van der Waals surface area contributed by atoms with Gasteiger partial charge < -0.3 is 4.57 Å². The summed E-state index contributed by atoms with van der Waals surface area (Å²) in [5.41, 5.74) is 8.66. The van der Waals surface area contributed by atoms with Crippen LogP contribution in [0.15, 0.2) is 146 Å². The molecule has 0 aliphatic heterocycles. The second kappa shape index (κ2) is 10.1. The minimum absolute atomic E-state index is 0.648. The quantitative estimate of drug-likeness (QED) is 0.190. The maximum Gasteiger partial charge on any atom is 0.0992 e. The molecule has 0 saturated carbocycles. The molecule has 47 heavy (non-hydrogen) atoms. The van der Waals surface area contributed by atoms with Crippen molar-refractivity contribution in [2.75, 3.05) is 0 Å². The number of hydrogen-bond donors (Lipinski definition) is 0. The van der Waals surface area contributed by atoms with Gasteiger partial charge in [-0.1, -0.05) is 91.0 Å². The van der Waals surface area contributed by atoms with Crippen molar-refractivity contribution in [1.82, 2.24) is 4.57 Å². The molecule has 0 radical (unpaired) electrons. The first-order valence-corrected chi connectivity index (χ1v) is 17.3. The van der Waals surface area contributed by atoms with Crippen molar-refractivity contribution in [2.45, 2.75) is 0 Å². The number of nitriles is 1. The van der Waals surface area contributed by atoms with Crippen LogP contribution in [0.1, 0.15) is 5.56 Å². The summed E-state index contributed by atoms with van der Waals surface area (Å²) < 4.78 is 7.57. The molecule has 0 atom stereocenters. The molecule has 7 aromatic carbocycles. The Morgan fingerprint density at radius 2 is 1.13 bits per heavy atom. The van der Waals surface area contributed by atoms with Crippen LogP contribution in [0.4, 0.5) is 0 Å². The van der Waals surface area contributed by atoms with Crippen molar-refractivity contribution in [3.05, 3.63) is 151 Å². The maximum absolute atomic E-state index is 9.97. The Morgan fingerprint density at radius 1 is 0.468 bits per heavy atom. The van der Waals surface area contributed by atoms with Crippen LogP contribution in [0.25, 0.3) is 90.1 Å². The van der Waals surface area contributed by atoms with Crippen LogP contribution in [0, 0.1) is 11.3 Å². The predicted molar refractivity (Wildman–Crippen MR) is 202 cm³/mol. The lowest BCUT2D eigenvalue weighted by molar-refractivity contribution is 1.18. The van der Waals surface area contributed by atoms with E-state index in [0.717, 1.165) is 27.8 Å². The third-order valence-corrected chi connectivity index (χ3v) is 11.8. The first-order valence-electron chi connectivity index (χ1n) is 15.7. The summed E-state index contributed by atoms with van der Waals surface area (Å²) >= 11 is 3.75. The average Bonchev–Trinajstić information content (AvgIpc) is 3.80. The zero-order valence-electron chi connectivity index (χ0n) is 25.1. The van der Waals surface area contributed by atoms with Gasteiger partial charge in [-0.15, -0.1) is 22.7 Å². The minimum Gasteiger partial charge on any atom is -0.309 e. The Bertz CT molecular complexity index is 2860. The molecular weight excluding hydrogens is 609 g/mol. The number of benzene rings is 7. The van der Waals surface area contributed by atoms with Crippen molar-refractivity contribution in [2.24, 2.45) is 0 Å². The van der Waals surface area contributed by atoms with Gasteiger partial charge in [-0.3, -0.25) is 0 Å². The summed E-state index contributed by atoms with van der Waals surface area (Å²) in [6.45, 7) is 0. The molecular formula is C43H24N2S2. The van der Waals surface area contributed by atoms with Crippen molar-refractivity contribution in [1.29, 1.82) is 5.26 Å². The lowest BCUT2D eigenvalue weighted by Gasteiger charge is -2.15. The summed E-state index contributed by atoms with van der Waals surface area (Å²) in [5.74, 6) is 0. The van der Waals surface area contributed by atoms with Gasteiger partial charge in [-0.25, -0.2) is 0 Å². The van der Waals surface area contributed by atoms with Gasteiger partial charge >= 0.3 is 0 Å². The molecule has 10 aromatic rings. The van der Waals surface area contributed by atoms with Crippen molar-refractivity contribution in [3.8, 4) is 34.0 Å². The molecule has 0 aliphatic rings. The number of aromatic nitrogens is 1. The van der Waals surface area contributed by atoms with E-state index >= 15 is 0 Å². The SMILES string of the molecule is N#Cc1ccc(-c2ccc3sc4ccc5c6cc(-c7ccccc7)ccc6sc5c4c3c2)c(-n2c3ccccc3c3ccccc32)c1. The minimum atomic E-state index is 0.648. The smallest absolute Gasteiger partial charge is 0.0992 e. The number of rotatable bonds is 3. The molecule has 10 rings (SSSR count). The van der Waals surface area contributed by atoms with Crippen LogP contribution >= 0.6 is 22.7 Å². The van der Waals surface area contributed by atoms with Crippen LogP contribution in [0.3, 0.4) is 0 Å². The second-order valence-corrected chi connectivity index (χ2v) is 14.2. The Kier molecular flexibility index (Phi) is 5.71. The van der Waals surface area contributed by atoms with Gasteiger partial charge in [0.15, 0.2) is 0 Å². The van der Waals surface area contributed by atoms with Gasteiger partial charge in [-0.2, -0.15) is 5.26 Å². The van der Waals surface area contributed by atoms with Crippen molar-refractivity contribution in [3.63, 3.8) is 0 Å². The van der Waals surface area contributed by atoms with Crippen LogP contribution in [0.2, 0.25) is 0 Å². The largest absolute Gasteiger partial charge is 0.309 e. The molecule has 0 spiro atoms. The highest BCUT2D eigenvalue weighted by atomic mass is 32.1. The summed E-state index contributed by atoms with van der Waals surface area (Å²) in [4.78, 5) is 0. The standard InChI is InChI=1S/C43H24N2S2/c44-25-26-14-17-30(38(22-26)45-36-12-6-4-10-31(36)32-11-5-7-13-37(32)45)29-16-20-40-35(24-29)42-41(46-40)21-18-33-34-23-28(27-8-2-1-3-9-27)15-19-39(34)47-43(33)42/h1-24H. The van der Waals surface area contributed by atoms with E-state index in [2.05, 4.69) is 144 Å². The molecule has 3 aromatic heterocycles. The highest BCUT2D eigenvalue weighted by Gasteiger charge is 2.18. The van der Waals surface area contributed by atoms with E-state index in [4.69, 9.17) is 0 Å². The number of para-hydroxylation sites is 2. The molecule has 0 amide bonds. The number of fused-ring (bicyclic) bond motifs is 10. The number of hydrogen-bond acceptors (Lipinski definition) is 3. The molecule has 0 unspecified atom stereocenters. The highest BCUT2D eigenvalue weighted by molar-refractivity contribution is 7.29. The Morgan fingerprint density at radius 3 is 1.89 bits per heavy atom. The first kappa shape index (κ1) is 26.5. The maximum atomic E-state index is 9.97. The molecule has 2 nitrogen and oxygen atoms in total. The van der Waals surface area contributed by atoms with E-state index in [0.29, 0.717) is 5.56 Å². The third-order valence-electron chi connectivity index (χ3n) is 9.44. The van der Waals surface area contributed by atoms with E-state index < -0.39 is 0 Å². The third kappa shape index (κ3) is 3.95. The average molecular weight is 633 g/mol. The Labute approximate surface area is 278 Å². The Hall–Kier alpha value is -5.73. The summed E-state index contributed by atoms with van der Waals surface area (Å²) in [5, 5.41) is 17.6. The van der Waals surface area contributed by atoms with Gasteiger partial charge in [-0.05, 0) is 71.3 Å². The molecule has 0 saturated heterocycles. The normalized spacial score (nSPS) is 11.8. The van der Waals surface area contributed by atoms with Crippen molar-refractivity contribution < 1.29 is 0 Å². The first-order chi connectivity index (χ1) is 23.2. The molecule has 0 aliphatic carbocycles. The van der Waals surface area contributed by atoms with Gasteiger partial charge in [0.2, 0.25) is 0 Å². The number of nitrogens with zero attached hydrogens (tertiary/aromatic N) is 2. The molecule has 218 valence electrons. The number of thiophene rings is 2. The molecule has 3 heterocycles. The van der Waals surface area contributed by atoms with Crippen LogP contribution in [-0.4, -0.2) is 4.57 Å². The van der Waals surface area contributed by atoms with E-state index in [9.17, 15) is 5.26 Å².